The van der Waals surface area contributed by atoms with Crippen LogP contribution in [0.4, 0.5) is 0 Å². The van der Waals surface area contributed by atoms with E-state index >= 15 is 0 Å². The van der Waals surface area contributed by atoms with Gasteiger partial charge in [0.25, 0.3) is 0 Å². The van der Waals surface area contributed by atoms with Gasteiger partial charge in [-0.1, -0.05) is 0 Å². The number of quaternary nitrogens is 1. The van der Waals surface area contributed by atoms with Gasteiger partial charge in [0.15, 0.2) is 0 Å². The second-order valence-electron chi connectivity index (χ2n) is 2.11. The highest BCUT2D eigenvalue weighted by atomic mass is 16.5. The molecule has 1 rings (SSSR count). The summed E-state index contributed by atoms with van der Waals surface area (Å²) in [4.78, 5) is 0. The van der Waals surface area contributed by atoms with Crippen molar-refractivity contribution in [1.29, 1.82) is 0 Å². The third-order valence-electron chi connectivity index (χ3n) is 1.65. The zero-order valence-electron chi connectivity index (χ0n) is 4.68. The number of hydrogen-bond acceptors (Lipinski definition) is 1. The molecule has 0 heterocycles. The molecule has 0 bridgehead atoms. The highest BCUT2D eigenvalue weighted by molar-refractivity contribution is 4.78. The molecule has 2 atom stereocenters. The van der Waals surface area contributed by atoms with Crippen LogP contribution >= 0.6 is 0 Å². The summed E-state index contributed by atoms with van der Waals surface area (Å²) in [6, 6.07) is 0.574. The molecule has 1 aliphatic carbocycles. The minimum absolute atomic E-state index is 0.472. The van der Waals surface area contributed by atoms with Gasteiger partial charge in [-0.3, -0.25) is 0 Å². The molecule has 0 amide bonds. The Labute approximate surface area is 43.6 Å². The summed E-state index contributed by atoms with van der Waals surface area (Å²) in [5.41, 5.74) is 3.87. The molecule has 42 valence electrons. The van der Waals surface area contributed by atoms with Gasteiger partial charge in [0, 0.05) is 13.5 Å². The van der Waals surface area contributed by atoms with Crippen LogP contribution in [-0.2, 0) is 4.74 Å². The smallest absolute Gasteiger partial charge is 0.111 e. The molecule has 0 aliphatic heterocycles. The molecule has 1 fully saturated rings. The second kappa shape index (κ2) is 1.80. The lowest BCUT2D eigenvalue weighted by Crippen LogP contribution is -2.71. The fraction of sp³-hybridized carbons (Fsp3) is 1.00. The monoisotopic (exact) mass is 102 g/mol. The maximum atomic E-state index is 5.04. The molecule has 2 nitrogen and oxygen atoms in total. The van der Waals surface area contributed by atoms with Crippen LogP contribution in [0.5, 0.6) is 0 Å². The summed E-state index contributed by atoms with van der Waals surface area (Å²) in [6.45, 7) is 0. The van der Waals surface area contributed by atoms with Gasteiger partial charge in [0.05, 0.1) is 0 Å². The van der Waals surface area contributed by atoms with Crippen LogP contribution in [0.25, 0.3) is 0 Å². The summed E-state index contributed by atoms with van der Waals surface area (Å²) in [7, 11) is 1.75. The van der Waals surface area contributed by atoms with Crippen molar-refractivity contribution in [2.24, 2.45) is 0 Å². The first-order valence-electron chi connectivity index (χ1n) is 2.70. The van der Waals surface area contributed by atoms with Gasteiger partial charge in [0.1, 0.15) is 12.1 Å². The first kappa shape index (κ1) is 5.06. The van der Waals surface area contributed by atoms with Crippen molar-refractivity contribution in [3.63, 3.8) is 0 Å². The van der Waals surface area contributed by atoms with Crippen LogP contribution in [0.15, 0.2) is 0 Å². The Morgan fingerprint density at radius 2 is 2.29 bits per heavy atom. The average Bonchev–Trinajstić information content (AvgIpc) is 1.65. The Morgan fingerprint density at radius 3 is 2.29 bits per heavy atom. The van der Waals surface area contributed by atoms with E-state index in [-0.39, 0.29) is 0 Å². The third kappa shape index (κ3) is 0.763. The van der Waals surface area contributed by atoms with Crippen LogP contribution in [0.3, 0.4) is 0 Å². The van der Waals surface area contributed by atoms with E-state index < -0.39 is 0 Å². The van der Waals surface area contributed by atoms with Crippen LogP contribution in [0.2, 0.25) is 0 Å². The summed E-state index contributed by atoms with van der Waals surface area (Å²) in [5.74, 6) is 0. The molecular weight excluding hydrogens is 90.1 g/mol. The molecule has 0 unspecified atom stereocenters. The van der Waals surface area contributed by atoms with E-state index in [1.807, 2.05) is 0 Å². The van der Waals surface area contributed by atoms with Gasteiger partial charge in [-0.2, -0.15) is 0 Å². The number of ether oxygens (including phenoxy) is 1. The standard InChI is InChI=1S/C5H11NO/c1-7-5-3-2-4(5)6/h4-5H,2-3,6H2,1H3/p+1/t4-,5+/m0/s1. The average molecular weight is 102 g/mol. The molecule has 3 N–H and O–H groups in total. The highest BCUT2D eigenvalue weighted by Gasteiger charge is 2.30. The lowest BCUT2D eigenvalue weighted by atomic mass is 9.90. The van der Waals surface area contributed by atoms with Crippen molar-refractivity contribution in [3.8, 4) is 0 Å². The van der Waals surface area contributed by atoms with E-state index in [1.54, 1.807) is 7.11 Å². The second-order valence-corrected chi connectivity index (χ2v) is 2.11. The maximum Gasteiger partial charge on any atom is 0.111 e. The van der Waals surface area contributed by atoms with Crippen molar-refractivity contribution in [1.82, 2.24) is 0 Å². The summed E-state index contributed by atoms with van der Waals surface area (Å²) in [6.07, 6.45) is 2.93. The van der Waals surface area contributed by atoms with Gasteiger partial charge in [-0.05, 0) is 6.42 Å². The molecule has 1 aliphatic rings. The molecule has 0 radical (unpaired) electrons. The summed E-state index contributed by atoms with van der Waals surface area (Å²) in [5, 5.41) is 0. The predicted molar refractivity (Wildman–Crippen MR) is 26.7 cm³/mol. The van der Waals surface area contributed by atoms with Crippen LogP contribution < -0.4 is 5.73 Å². The fourth-order valence-corrected chi connectivity index (χ4v) is 0.849. The summed E-state index contributed by atoms with van der Waals surface area (Å²) < 4.78 is 5.04. The van der Waals surface area contributed by atoms with E-state index in [0.29, 0.717) is 12.1 Å². The number of methoxy groups -OCH3 is 1. The molecule has 0 spiro atoms. The molecule has 0 aromatic heterocycles. The lowest BCUT2D eigenvalue weighted by Gasteiger charge is -2.28. The van der Waals surface area contributed by atoms with Crippen molar-refractivity contribution in [2.75, 3.05) is 7.11 Å². The molecule has 1 saturated carbocycles. The van der Waals surface area contributed by atoms with E-state index in [2.05, 4.69) is 5.73 Å². The zero-order chi connectivity index (χ0) is 5.28. The van der Waals surface area contributed by atoms with Crippen LogP contribution in [-0.4, -0.2) is 19.3 Å². The Morgan fingerprint density at radius 1 is 1.57 bits per heavy atom. The quantitative estimate of drug-likeness (QED) is 0.472. The van der Waals surface area contributed by atoms with Gasteiger partial charge in [0.2, 0.25) is 0 Å². The largest absolute Gasteiger partial charge is 0.375 e. The predicted octanol–water partition coefficient (Wildman–Crippen LogP) is -0.594. The lowest BCUT2D eigenvalue weighted by molar-refractivity contribution is -0.460. The Bertz CT molecular complexity index is 63.1. The zero-order valence-corrected chi connectivity index (χ0v) is 4.68. The molecular formula is C5H12NO+. The molecule has 2 heteroatoms. The van der Waals surface area contributed by atoms with Crippen molar-refractivity contribution < 1.29 is 10.5 Å². The summed E-state index contributed by atoms with van der Waals surface area (Å²) >= 11 is 0. The fourth-order valence-electron chi connectivity index (χ4n) is 0.849. The number of rotatable bonds is 1. The van der Waals surface area contributed by atoms with Gasteiger partial charge in [-0.25, -0.2) is 0 Å². The minimum atomic E-state index is 0.472. The Kier molecular flexibility index (Phi) is 1.30. The SMILES string of the molecule is CO[C@@H]1CC[C@@H]1[NH3+]. The van der Waals surface area contributed by atoms with E-state index in [1.165, 1.54) is 12.8 Å². The van der Waals surface area contributed by atoms with E-state index in [0.717, 1.165) is 0 Å². The third-order valence-corrected chi connectivity index (χ3v) is 1.65. The van der Waals surface area contributed by atoms with Crippen molar-refractivity contribution in [2.45, 2.75) is 25.0 Å². The normalized spacial score (nSPS) is 40.3. The van der Waals surface area contributed by atoms with Gasteiger partial charge in [-0.15, -0.1) is 0 Å². The first-order valence-corrected chi connectivity index (χ1v) is 2.70. The van der Waals surface area contributed by atoms with Gasteiger partial charge >= 0.3 is 0 Å². The molecule has 7 heavy (non-hydrogen) atoms. The Hall–Kier alpha value is -0.0800. The van der Waals surface area contributed by atoms with Crippen molar-refractivity contribution >= 4 is 0 Å². The van der Waals surface area contributed by atoms with Crippen molar-refractivity contribution in [3.05, 3.63) is 0 Å². The topological polar surface area (TPSA) is 36.9 Å². The Balaban J connectivity index is 2.16. The minimum Gasteiger partial charge on any atom is -0.375 e. The number of hydrogen-bond donors (Lipinski definition) is 1. The highest BCUT2D eigenvalue weighted by Crippen LogP contribution is 2.17. The van der Waals surface area contributed by atoms with Crippen LogP contribution in [0.1, 0.15) is 12.8 Å². The molecule has 0 saturated heterocycles. The molecule has 0 aromatic carbocycles. The van der Waals surface area contributed by atoms with Gasteiger partial charge < -0.3 is 10.5 Å². The molecule has 0 aromatic rings. The van der Waals surface area contributed by atoms with E-state index in [9.17, 15) is 0 Å². The maximum absolute atomic E-state index is 5.04. The van der Waals surface area contributed by atoms with E-state index in [4.69, 9.17) is 4.74 Å². The van der Waals surface area contributed by atoms with Crippen LogP contribution in [0, 0.1) is 0 Å². The first-order chi connectivity index (χ1) is 3.34.